The summed E-state index contributed by atoms with van der Waals surface area (Å²) in [7, 11) is 0.594. The molecule has 0 aliphatic heterocycles. The third-order valence-corrected chi connectivity index (χ3v) is 7.71. The number of methoxy groups -OCH3 is 2. The Hall–Kier alpha value is -2.54. The van der Waals surface area contributed by atoms with Crippen LogP contribution >= 0.6 is 22.7 Å². The van der Waals surface area contributed by atoms with Gasteiger partial charge in [-0.15, -0.1) is 21.5 Å². The summed E-state index contributed by atoms with van der Waals surface area (Å²) in [4.78, 5) is 12.6. The highest BCUT2D eigenvalue weighted by Gasteiger charge is 2.26. The lowest BCUT2D eigenvalue weighted by atomic mass is 10.2. The first-order valence-corrected chi connectivity index (χ1v) is 11.3. The Bertz CT molecular complexity index is 1100. The maximum Gasteiger partial charge on any atom is 0.272 e. The van der Waals surface area contributed by atoms with Crippen LogP contribution in [0, 0.1) is 0 Å². The van der Waals surface area contributed by atoms with Crippen molar-refractivity contribution in [3.63, 3.8) is 0 Å². The van der Waals surface area contributed by atoms with Gasteiger partial charge in [-0.1, -0.05) is 23.5 Å². The number of sulfonamides is 1. The van der Waals surface area contributed by atoms with Crippen LogP contribution in [-0.2, 0) is 16.6 Å². The van der Waals surface area contributed by atoms with Gasteiger partial charge in [0.2, 0.25) is 9.47 Å². The molecule has 0 bridgehead atoms. The van der Waals surface area contributed by atoms with Crippen LogP contribution in [0.2, 0.25) is 0 Å². The van der Waals surface area contributed by atoms with Gasteiger partial charge in [0, 0.05) is 13.6 Å². The van der Waals surface area contributed by atoms with E-state index in [1.54, 1.807) is 35.7 Å². The number of nitrogens with zero attached hydrogens (tertiary/aromatic N) is 3. The highest BCUT2D eigenvalue weighted by Crippen LogP contribution is 2.29. The average molecular weight is 455 g/mol. The molecule has 29 heavy (non-hydrogen) atoms. The van der Waals surface area contributed by atoms with Crippen molar-refractivity contribution in [2.75, 3.05) is 26.6 Å². The van der Waals surface area contributed by atoms with Gasteiger partial charge in [0.05, 0.1) is 19.1 Å². The Kier molecular flexibility index (Phi) is 6.47. The first kappa shape index (κ1) is 21.2. The van der Waals surface area contributed by atoms with E-state index in [4.69, 9.17) is 9.47 Å². The van der Waals surface area contributed by atoms with Crippen molar-refractivity contribution in [1.82, 2.24) is 14.5 Å². The van der Waals surface area contributed by atoms with E-state index in [-0.39, 0.29) is 21.9 Å². The predicted molar refractivity (Wildman–Crippen MR) is 110 cm³/mol. The lowest BCUT2D eigenvalue weighted by Crippen LogP contribution is -2.26. The number of hydrogen-bond donors (Lipinski definition) is 1. The Balaban J connectivity index is 1.73. The van der Waals surface area contributed by atoms with Gasteiger partial charge in [-0.25, -0.2) is 8.42 Å². The molecule has 0 saturated heterocycles. The number of rotatable bonds is 8. The minimum Gasteiger partial charge on any atom is -0.493 e. The minimum absolute atomic E-state index is 0.0964. The summed E-state index contributed by atoms with van der Waals surface area (Å²) in [6.45, 7) is 0.0964. The van der Waals surface area contributed by atoms with Gasteiger partial charge in [-0.05, 0) is 29.1 Å². The number of carbonyl (C=O) groups is 1. The molecular weight excluding hydrogens is 436 g/mol. The molecule has 3 rings (SSSR count). The first-order chi connectivity index (χ1) is 13.8. The zero-order valence-corrected chi connectivity index (χ0v) is 18.2. The van der Waals surface area contributed by atoms with Gasteiger partial charge < -0.3 is 9.47 Å². The number of benzene rings is 1. The third-order valence-electron chi connectivity index (χ3n) is 3.86. The molecule has 0 radical (unpaired) electrons. The van der Waals surface area contributed by atoms with E-state index < -0.39 is 10.0 Å². The molecule has 0 aliphatic carbocycles. The lowest BCUT2D eigenvalue weighted by molar-refractivity contribution is 0.103. The number of anilines is 1. The largest absolute Gasteiger partial charge is 0.493 e. The second-order valence-electron chi connectivity index (χ2n) is 5.75. The molecule has 154 valence electrons. The molecule has 0 unspecified atom stereocenters. The second-order valence-corrected chi connectivity index (χ2v) is 9.90. The fourth-order valence-corrected chi connectivity index (χ4v) is 5.25. The fraction of sp³-hybridized carbons (Fsp3) is 0.235. The average Bonchev–Trinajstić information content (AvgIpc) is 3.40. The maximum absolute atomic E-state index is 12.8. The maximum atomic E-state index is 12.8. The highest BCUT2D eigenvalue weighted by atomic mass is 32.2. The Morgan fingerprint density at radius 1 is 1.17 bits per heavy atom. The van der Waals surface area contributed by atoms with Gasteiger partial charge in [-0.3, -0.25) is 10.1 Å². The molecule has 2 aromatic heterocycles. The zero-order chi connectivity index (χ0) is 21.0. The molecule has 3 aromatic rings. The molecular formula is C17H18N4O5S3. The fourth-order valence-electron chi connectivity index (χ4n) is 2.39. The topological polar surface area (TPSA) is 111 Å². The Labute approximate surface area is 176 Å². The number of carbonyl (C=O) groups excluding carboxylic acids is 1. The van der Waals surface area contributed by atoms with Crippen LogP contribution in [0.3, 0.4) is 0 Å². The van der Waals surface area contributed by atoms with Gasteiger partial charge in [0.1, 0.15) is 0 Å². The molecule has 0 fully saturated rings. The van der Waals surface area contributed by atoms with E-state index >= 15 is 0 Å². The summed E-state index contributed by atoms with van der Waals surface area (Å²) in [6, 6.07) is 8.57. The molecule has 0 saturated carbocycles. The van der Waals surface area contributed by atoms with Crippen molar-refractivity contribution in [2.45, 2.75) is 10.9 Å². The van der Waals surface area contributed by atoms with E-state index in [9.17, 15) is 13.2 Å². The van der Waals surface area contributed by atoms with Gasteiger partial charge >= 0.3 is 0 Å². The molecule has 1 N–H and O–H groups in total. The van der Waals surface area contributed by atoms with Crippen LogP contribution in [0.25, 0.3) is 0 Å². The molecule has 0 spiro atoms. The predicted octanol–water partition coefficient (Wildman–Crippen LogP) is 2.69. The van der Waals surface area contributed by atoms with Crippen molar-refractivity contribution in [1.29, 1.82) is 0 Å². The molecule has 1 aromatic carbocycles. The molecule has 0 aliphatic rings. The van der Waals surface area contributed by atoms with Crippen LogP contribution in [0.5, 0.6) is 11.5 Å². The van der Waals surface area contributed by atoms with E-state index in [0.29, 0.717) is 21.9 Å². The Morgan fingerprint density at radius 3 is 2.59 bits per heavy atom. The molecule has 2 heterocycles. The monoisotopic (exact) mass is 454 g/mol. The Morgan fingerprint density at radius 2 is 1.93 bits per heavy atom. The first-order valence-electron chi connectivity index (χ1n) is 8.20. The van der Waals surface area contributed by atoms with Gasteiger partial charge in [0.25, 0.3) is 15.9 Å². The highest BCUT2D eigenvalue weighted by molar-refractivity contribution is 7.91. The van der Waals surface area contributed by atoms with Crippen LogP contribution in [0.4, 0.5) is 5.13 Å². The van der Waals surface area contributed by atoms with Crippen LogP contribution < -0.4 is 14.8 Å². The van der Waals surface area contributed by atoms with Crippen LogP contribution in [0.1, 0.15) is 15.2 Å². The second kappa shape index (κ2) is 8.86. The quantitative estimate of drug-likeness (QED) is 0.521. The van der Waals surface area contributed by atoms with Crippen molar-refractivity contribution < 1.29 is 22.7 Å². The molecule has 9 nitrogen and oxygen atoms in total. The van der Waals surface area contributed by atoms with E-state index in [1.165, 1.54) is 32.6 Å². The standard InChI is InChI=1S/C17H18N4O5S3/c1-21(10-11-6-7-12(25-2)13(9-11)26-3)29(23,24)17-20-19-16(28-17)18-15(22)14-5-4-8-27-14/h4-9H,10H2,1-3H3,(H,18,19,22). The number of amides is 1. The van der Waals surface area contributed by atoms with Gasteiger partial charge in [-0.2, -0.15) is 4.31 Å². The molecule has 0 atom stereocenters. The van der Waals surface area contributed by atoms with Crippen molar-refractivity contribution in [2.24, 2.45) is 0 Å². The van der Waals surface area contributed by atoms with Gasteiger partial charge in [0.15, 0.2) is 11.5 Å². The normalized spacial score (nSPS) is 11.4. The number of nitrogens with one attached hydrogen (secondary N) is 1. The van der Waals surface area contributed by atoms with Crippen molar-refractivity contribution >= 4 is 43.7 Å². The number of thiophene rings is 1. The number of hydrogen-bond acceptors (Lipinski definition) is 9. The van der Waals surface area contributed by atoms with Crippen molar-refractivity contribution in [3.8, 4) is 11.5 Å². The zero-order valence-electron chi connectivity index (χ0n) is 15.8. The molecule has 1 amide bonds. The summed E-state index contributed by atoms with van der Waals surface area (Å²) in [5.74, 6) is 0.695. The molecule has 12 heteroatoms. The number of ether oxygens (including phenoxy) is 2. The SMILES string of the molecule is COc1ccc(CN(C)S(=O)(=O)c2nnc(NC(=O)c3cccs3)s2)cc1OC. The summed E-state index contributed by atoms with van der Waals surface area (Å²) in [5, 5.41) is 11.9. The summed E-state index contributed by atoms with van der Waals surface area (Å²) < 4.78 is 37.0. The summed E-state index contributed by atoms with van der Waals surface area (Å²) >= 11 is 2.07. The summed E-state index contributed by atoms with van der Waals surface area (Å²) in [6.07, 6.45) is 0. The summed E-state index contributed by atoms with van der Waals surface area (Å²) in [5.41, 5.74) is 0.712. The lowest BCUT2D eigenvalue weighted by Gasteiger charge is -2.16. The third kappa shape index (κ3) is 4.72. The van der Waals surface area contributed by atoms with E-state index in [1.807, 2.05) is 0 Å². The van der Waals surface area contributed by atoms with E-state index in [0.717, 1.165) is 15.6 Å². The smallest absolute Gasteiger partial charge is 0.272 e. The van der Waals surface area contributed by atoms with Crippen LogP contribution in [-0.4, -0.2) is 50.1 Å². The minimum atomic E-state index is -3.88. The number of aromatic nitrogens is 2. The van der Waals surface area contributed by atoms with E-state index in [2.05, 4.69) is 15.5 Å². The van der Waals surface area contributed by atoms with Crippen LogP contribution in [0.15, 0.2) is 40.1 Å². The van der Waals surface area contributed by atoms with Crippen molar-refractivity contribution in [3.05, 3.63) is 46.2 Å².